The Morgan fingerprint density at radius 1 is 1.39 bits per heavy atom. The number of carbonyl (C=O) groups excluding carboxylic acids is 1. The Bertz CT molecular complexity index is 662. The predicted octanol–water partition coefficient (Wildman–Crippen LogP) is 1.31. The van der Waals surface area contributed by atoms with E-state index in [0.717, 1.165) is 24.3 Å². The summed E-state index contributed by atoms with van der Waals surface area (Å²) < 4.78 is 28.2. The maximum absolute atomic E-state index is 12.2. The molecule has 7 nitrogen and oxygen atoms in total. The van der Waals surface area contributed by atoms with E-state index in [4.69, 9.17) is 4.52 Å². The van der Waals surface area contributed by atoms with E-state index >= 15 is 0 Å². The van der Waals surface area contributed by atoms with Crippen molar-refractivity contribution < 1.29 is 17.7 Å². The fourth-order valence-corrected chi connectivity index (χ4v) is 5.18. The summed E-state index contributed by atoms with van der Waals surface area (Å²) in [5.41, 5.74) is 0.881. The van der Waals surface area contributed by atoms with Crippen molar-refractivity contribution in [1.29, 1.82) is 0 Å². The average Bonchev–Trinajstić information content (AvgIpc) is 3.10. The summed E-state index contributed by atoms with van der Waals surface area (Å²) >= 11 is 0. The molecule has 0 radical (unpaired) electrons. The highest BCUT2D eigenvalue weighted by molar-refractivity contribution is 7.91. The number of aromatic nitrogens is 1. The second kappa shape index (κ2) is 6.51. The van der Waals surface area contributed by atoms with E-state index in [1.807, 2.05) is 13.0 Å². The van der Waals surface area contributed by atoms with E-state index in [0.29, 0.717) is 32.0 Å². The van der Waals surface area contributed by atoms with Crippen molar-refractivity contribution >= 4 is 15.9 Å². The van der Waals surface area contributed by atoms with Crippen LogP contribution in [0.4, 0.5) is 4.79 Å². The topological polar surface area (TPSA) is 92.5 Å². The molecule has 1 aromatic heterocycles. The molecule has 0 saturated carbocycles. The van der Waals surface area contributed by atoms with Gasteiger partial charge in [-0.2, -0.15) is 0 Å². The van der Waals surface area contributed by atoms with Crippen molar-refractivity contribution in [3.8, 4) is 0 Å². The second-order valence-corrected chi connectivity index (χ2v) is 8.82. The minimum atomic E-state index is -2.89. The van der Waals surface area contributed by atoms with E-state index < -0.39 is 9.84 Å². The van der Waals surface area contributed by atoms with Crippen LogP contribution in [0.5, 0.6) is 0 Å². The molecule has 0 spiro atoms. The Morgan fingerprint density at radius 2 is 2.13 bits per heavy atom. The molecule has 128 valence electrons. The van der Waals surface area contributed by atoms with Crippen molar-refractivity contribution in [2.75, 3.05) is 31.1 Å². The number of sulfone groups is 1. The van der Waals surface area contributed by atoms with Crippen LogP contribution >= 0.6 is 0 Å². The molecule has 23 heavy (non-hydrogen) atoms. The van der Waals surface area contributed by atoms with Gasteiger partial charge in [0, 0.05) is 31.6 Å². The van der Waals surface area contributed by atoms with Crippen LogP contribution in [0.25, 0.3) is 0 Å². The van der Waals surface area contributed by atoms with Gasteiger partial charge in [0.1, 0.15) is 5.76 Å². The van der Waals surface area contributed by atoms with Crippen LogP contribution in [0.1, 0.15) is 36.6 Å². The van der Waals surface area contributed by atoms with Crippen LogP contribution in [0.15, 0.2) is 10.6 Å². The maximum atomic E-state index is 12.2. The molecule has 0 aromatic carbocycles. The van der Waals surface area contributed by atoms with Crippen molar-refractivity contribution in [3.05, 3.63) is 17.5 Å². The van der Waals surface area contributed by atoms with Crippen molar-refractivity contribution in [2.24, 2.45) is 5.92 Å². The maximum Gasteiger partial charge on any atom is 0.317 e. The first-order valence-corrected chi connectivity index (χ1v) is 9.91. The third kappa shape index (κ3) is 4.04. The Kier molecular flexibility index (Phi) is 4.61. The number of nitrogens with one attached hydrogen (secondary N) is 1. The summed E-state index contributed by atoms with van der Waals surface area (Å²) in [6, 6.07) is 1.86. The molecular weight excluding hydrogens is 318 g/mol. The number of nitrogens with zero attached hydrogens (tertiary/aromatic N) is 2. The van der Waals surface area contributed by atoms with Crippen LogP contribution < -0.4 is 5.32 Å². The Morgan fingerprint density at radius 3 is 2.70 bits per heavy atom. The summed E-state index contributed by atoms with van der Waals surface area (Å²) in [6.45, 7) is 3.70. The lowest BCUT2D eigenvalue weighted by atomic mass is 9.94. The first kappa shape index (κ1) is 16.3. The molecular formula is C15H23N3O4S. The molecule has 1 atom stereocenters. The molecule has 2 fully saturated rings. The fraction of sp³-hybridized carbons (Fsp3) is 0.733. The van der Waals surface area contributed by atoms with E-state index in [9.17, 15) is 13.2 Å². The zero-order chi connectivity index (χ0) is 16.4. The molecule has 1 unspecified atom stereocenters. The number of amides is 2. The van der Waals surface area contributed by atoms with Crippen LogP contribution in [-0.2, 0) is 9.84 Å². The number of urea groups is 1. The first-order valence-electron chi connectivity index (χ1n) is 8.09. The van der Waals surface area contributed by atoms with Gasteiger partial charge in [-0.3, -0.25) is 0 Å². The number of likely N-dealkylation sites (tertiary alicyclic amines) is 1. The highest BCUT2D eigenvalue weighted by Gasteiger charge is 2.30. The molecule has 3 heterocycles. The smallest absolute Gasteiger partial charge is 0.317 e. The van der Waals surface area contributed by atoms with Gasteiger partial charge < -0.3 is 14.7 Å². The number of rotatable bonds is 3. The highest BCUT2D eigenvalue weighted by atomic mass is 32.2. The van der Waals surface area contributed by atoms with Crippen molar-refractivity contribution in [1.82, 2.24) is 15.4 Å². The Labute approximate surface area is 136 Å². The summed E-state index contributed by atoms with van der Waals surface area (Å²) in [5.74, 6) is 1.72. The minimum absolute atomic E-state index is 0.0543. The van der Waals surface area contributed by atoms with Gasteiger partial charge in [0.05, 0.1) is 17.2 Å². The molecule has 0 aliphatic carbocycles. The van der Waals surface area contributed by atoms with Gasteiger partial charge in [0.15, 0.2) is 9.84 Å². The average molecular weight is 341 g/mol. The third-order valence-corrected chi connectivity index (χ3v) is 6.54. The van der Waals surface area contributed by atoms with E-state index in [1.165, 1.54) is 0 Å². The number of piperidine rings is 1. The van der Waals surface area contributed by atoms with Gasteiger partial charge in [0.2, 0.25) is 0 Å². The Hall–Kier alpha value is -1.57. The quantitative estimate of drug-likeness (QED) is 0.895. The zero-order valence-electron chi connectivity index (χ0n) is 13.3. The molecule has 2 aliphatic heterocycles. The van der Waals surface area contributed by atoms with Crippen LogP contribution in [0.2, 0.25) is 0 Å². The van der Waals surface area contributed by atoms with Gasteiger partial charge >= 0.3 is 6.03 Å². The molecule has 3 rings (SSSR count). The van der Waals surface area contributed by atoms with Crippen LogP contribution in [0.3, 0.4) is 0 Å². The van der Waals surface area contributed by atoms with E-state index in [2.05, 4.69) is 10.5 Å². The van der Waals surface area contributed by atoms with Gasteiger partial charge in [-0.25, -0.2) is 13.2 Å². The van der Waals surface area contributed by atoms with Crippen LogP contribution in [-0.4, -0.2) is 55.6 Å². The van der Waals surface area contributed by atoms with Gasteiger partial charge in [0.25, 0.3) is 0 Å². The van der Waals surface area contributed by atoms with Gasteiger partial charge in [-0.15, -0.1) is 0 Å². The van der Waals surface area contributed by atoms with Crippen molar-refractivity contribution in [2.45, 2.75) is 32.1 Å². The summed E-state index contributed by atoms with van der Waals surface area (Å²) in [7, 11) is -2.89. The summed E-state index contributed by atoms with van der Waals surface area (Å²) in [5, 5.41) is 6.79. The lowest BCUT2D eigenvalue weighted by Gasteiger charge is -2.31. The number of carbonyl (C=O) groups is 1. The predicted molar refractivity (Wildman–Crippen MR) is 84.9 cm³/mol. The monoisotopic (exact) mass is 341 g/mol. The largest absolute Gasteiger partial charge is 0.361 e. The Balaban J connectivity index is 1.43. The molecule has 2 saturated heterocycles. The third-order valence-electron chi connectivity index (χ3n) is 4.70. The van der Waals surface area contributed by atoms with Crippen molar-refractivity contribution in [3.63, 3.8) is 0 Å². The minimum Gasteiger partial charge on any atom is -0.361 e. The lowest BCUT2D eigenvalue weighted by Crippen LogP contribution is -2.45. The summed E-state index contributed by atoms with van der Waals surface area (Å²) in [6.07, 6.45) is 2.37. The van der Waals surface area contributed by atoms with E-state index in [1.54, 1.807) is 4.90 Å². The number of aryl methyl sites for hydroxylation is 1. The molecule has 1 N–H and O–H groups in total. The SMILES string of the molecule is Cc1cc(C2CCN(C(=O)NCC3CCS(=O)(=O)C3)CC2)on1. The fourth-order valence-electron chi connectivity index (χ4n) is 3.32. The van der Waals surface area contributed by atoms with Gasteiger partial charge in [-0.1, -0.05) is 5.16 Å². The van der Waals surface area contributed by atoms with E-state index in [-0.39, 0.29) is 23.5 Å². The number of hydrogen-bond acceptors (Lipinski definition) is 5. The zero-order valence-corrected chi connectivity index (χ0v) is 14.1. The highest BCUT2D eigenvalue weighted by Crippen LogP contribution is 2.28. The molecule has 1 aromatic rings. The second-order valence-electron chi connectivity index (χ2n) is 6.59. The first-order chi connectivity index (χ1) is 10.9. The van der Waals surface area contributed by atoms with Gasteiger partial charge in [-0.05, 0) is 32.1 Å². The molecule has 2 amide bonds. The molecule has 0 bridgehead atoms. The molecule has 2 aliphatic rings. The number of hydrogen-bond donors (Lipinski definition) is 1. The molecule has 8 heteroatoms. The lowest BCUT2D eigenvalue weighted by molar-refractivity contribution is 0.175. The normalized spacial score (nSPS) is 24.7. The summed E-state index contributed by atoms with van der Waals surface area (Å²) in [4.78, 5) is 14.0. The standard InChI is InChI=1S/C15H23N3O4S/c1-11-8-14(22-17-11)13-2-5-18(6-3-13)15(19)16-9-12-4-7-23(20,21)10-12/h8,12-13H,2-7,9-10H2,1H3,(H,16,19). The van der Waals surface area contributed by atoms with Crippen LogP contribution in [0, 0.1) is 12.8 Å².